The lowest BCUT2D eigenvalue weighted by Crippen LogP contribution is -2.40. The molecule has 1 atom stereocenters. The van der Waals surface area contributed by atoms with Crippen LogP contribution >= 0.6 is 11.6 Å². The number of aryl methyl sites for hydroxylation is 1. The van der Waals surface area contributed by atoms with Crippen molar-refractivity contribution in [2.75, 3.05) is 25.5 Å². The smallest absolute Gasteiger partial charge is 0.227 e. The maximum Gasteiger partial charge on any atom is 0.227 e. The fourth-order valence-electron chi connectivity index (χ4n) is 3.97. The molecule has 0 saturated carbocycles. The lowest BCUT2D eigenvalue weighted by Gasteiger charge is -2.36. The molecule has 1 fully saturated rings. The molecule has 3 heterocycles. The molecule has 1 aromatic carbocycles. The van der Waals surface area contributed by atoms with E-state index in [9.17, 15) is 4.79 Å². The number of amides is 1. The van der Waals surface area contributed by atoms with Crippen molar-refractivity contribution in [3.05, 3.63) is 58.5 Å². The van der Waals surface area contributed by atoms with Gasteiger partial charge in [0.1, 0.15) is 0 Å². The Morgan fingerprint density at radius 1 is 1.29 bits per heavy atom. The zero-order valence-corrected chi connectivity index (χ0v) is 18.8. The third-order valence-electron chi connectivity index (χ3n) is 5.48. The molecule has 0 N–H and O–H groups in total. The summed E-state index contributed by atoms with van der Waals surface area (Å²) in [6.07, 6.45) is 4.92. The molecular weight excluding hydrogens is 414 g/mol. The average Bonchev–Trinajstić information content (AvgIpc) is 3.19. The van der Waals surface area contributed by atoms with Gasteiger partial charge in [-0.15, -0.1) is 0 Å². The Morgan fingerprint density at radius 2 is 2.13 bits per heavy atom. The van der Waals surface area contributed by atoms with Gasteiger partial charge in [-0.25, -0.2) is 9.97 Å². The first-order valence-electron chi connectivity index (χ1n) is 10.4. The first-order valence-corrected chi connectivity index (χ1v) is 10.8. The van der Waals surface area contributed by atoms with E-state index in [1.54, 1.807) is 6.20 Å². The van der Waals surface area contributed by atoms with Gasteiger partial charge in [-0.3, -0.25) is 4.79 Å². The predicted molar refractivity (Wildman–Crippen MR) is 120 cm³/mol. The van der Waals surface area contributed by atoms with Crippen molar-refractivity contribution < 1.29 is 9.32 Å². The van der Waals surface area contributed by atoms with Crippen LogP contribution < -0.4 is 4.90 Å². The monoisotopic (exact) mass is 439 g/mol. The van der Waals surface area contributed by atoms with Gasteiger partial charge in [-0.05, 0) is 43.9 Å². The molecular formula is C23H26ClN5O2. The largest absolute Gasteiger partial charge is 0.356 e. The summed E-state index contributed by atoms with van der Waals surface area (Å²) in [4.78, 5) is 26.5. The second-order valence-corrected chi connectivity index (χ2v) is 8.54. The van der Waals surface area contributed by atoms with Gasteiger partial charge in [-0.1, -0.05) is 28.9 Å². The molecule has 1 aliphatic heterocycles. The van der Waals surface area contributed by atoms with Crippen LogP contribution in [0.15, 0.2) is 41.1 Å². The topological polar surface area (TPSA) is 75.4 Å². The highest BCUT2D eigenvalue weighted by Gasteiger charge is 2.32. The maximum atomic E-state index is 13.3. The molecule has 1 saturated heterocycles. The van der Waals surface area contributed by atoms with Crippen LogP contribution in [0.2, 0.25) is 5.02 Å². The Hall–Kier alpha value is -2.93. The van der Waals surface area contributed by atoms with Gasteiger partial charge in [-0.2, -0.15) is 0 Å². The van der Waals surface area contributed by atoms with Gasteiger partial charge in [0.15, 0.2) is 5.76 Å². The number of rotatable bonds is 5. The van der Waals surface area contributed by atoms with Crippen LogP contribution in [0.3, 0.4) is 0 Å². The van der Waals surface area contributed by atoms with Crippen molar-refractivity contribution in [1.82, 2.24) is 20.0 Å². The molecule has 4 rings (SSSR count). The molecule has 2 aromatic heterocycles. The van der Waals surface area contributed by atoms with Crippen molar-refractivity contribution in [2.45, 2.75) is 38.6 Å². The Morgan fingerprint density at radius 3 is 2.84 bits per heavy atom. The summed E-state index contributed by atoms with van der Waals surface area (Å²) in [5.74, 6) is 1.28. The molecule has 0 spiro atoms. The fourth-order valence-corrected chi connectivity index (χ4v) is 4.19. The molecule has 1 aliphatic rings. The quantitative estimate of drug-likeness (QED) is 0.584. The van der Waals surface area contributed by atoms with Crippen molar-refractivity contribution in [3.8, 4) is 11.3 Å². The third kappa shape index (κ3) is 4.71. The highest BCUT2D eigenvalue weighted by Crippen LogP contribution is 2.37. The van der Waals surface area contributed by atoms with Crippen LogP contribution in [-0.4, -0.2) is 46.6 Å². The Labute approximate surface area is 187 Å². The molecule has 8 heteroatoms. The van der Waals surface area contributed by atoms with Gasteiger partial charge in [0, 0.05) is 37.9 Å². The van der Waals surface area contributed by atoms with E-state index in [2.05, 4.69) is 10.1 Å². The standard InChI is InChI=1S/C23H26ClN5O2/c1-15-11-20(31-27-15)18-14-25-23(28(2)3)26-22(18)19-9-4-5-10-29(19)21(30)13-16-7-6-8-17(24)12-16/h6-8,11-12,14,19H,4-5,9-10,13H2,1-3H3. The Kier molecular flexibility index (Phi) is 6.23. The summed E-state index contributed by atoms with van der Waals surface area (Å²) in [6.45, 7) is 2.57. The lowest BCUT2D eigenvalue weighted by molar-refractivity contribution is -0.134. The number of carbonyl (C=O) groups is 1. The molecule has 7 nitrogen and oxygen atoms in total. The number of anilines is 1. The van der Waals surface area contributed by atoms with Crippen LogP contribution in [0.5, 0.6) is 0 Å². The molecule has 0 aliphatic carbocycles. The summed E-state index contributed by atoms with van der Waals surface area (Å²) >= 11 is 6.11. The average molecular weight is 440 g/mol. The van der Waals surface area contributed by atoms with Gasteiger partial charge >= 0.3 is 0 Å². The number of carbonyl (C=O) groups excluding carboxylic acids is 1. The van der Waals surface area contributed by atoms with Crippen LogP contribution in [-0.2, 0) is 11.2 Å². The normalized spacial score (nSPS) is 16.4. The van der Waals surface area contributed by atoms with Crippen molar-refractivity contribution >= 4 is 23.5 Å². The molecule has 1 unspecified atom stereocenters. The van der Waals surface area contributed by atoms with Crippen LogP contribution in [0, 0.1) is 6.92 Å². The molecule has 0 radical (unpaired) electrons. The Balaban J connectivity index is 1.71. The summed E-state index contributed by atoms with van der Waals surface area (Å²) in [5, 5.41) is 4.66. The van der Waals surface area contributed by atoms with Crippen molar-refractivity contribution in [2.24, 2.45) is 0 Å². The van der Waals surface area contributed by atoms with E-state index in [1.807, 2.05) is 61.2 Å². The van der Waals surface area contributed by atoms with Crippen molar-refractivity contribution in [1.29, 1.82) is 0 Å². The fraction of sp³-hybridized carbons (Fsp3) is 0.391. The highest BCUT2D eigenvalue weighted by atomic mass is 35.5. The van der Waals surface area contributed by atoms with E-state index in [0.717, 1.165) is 41.8 Å². The zero-order chi connectivity index (χ0) is 22.0. The summed E-state index contributed by atoms with van der Waals surface area (Å²) in [5.41, 5.74) is 3.27. The van der Waals surface area contributed by atoms with Crippen LogP contribution in [0.25, 0.3) is 11.3 Å². The number of hydrogen-bond acceptors (Lipinski definition) is 6. The summed E-state index contributed by atoms with van der Waals surface area (Å²) in [6, 6.07) is 9.18. The number of piperidine rings is 1. The molecule has 0 bridgehead atoms. The second-order valence-electron chi connectivity index (χ2n) is 8.10. The maximum absolute atomic E-state index is 13.3. The van der Waals surface area contributed by atoms with E-state index in [1.165, 1.54) is 0 Å². The van der Waals surface area contributed by atoms with Gasteiger partial charge < -0.3 is 14.3 Å². The van der Waals surface area contributed by atoms with E-state index >= 15 is 0 Å². The molecule has 3 aromatic rings. The second kappa shape index (κ2) is 9.06. The molecule has 162 valence electrons. The first kappa shape index (κ1) is 21.3. The number of halogens is 1. The highest BCUT2D eigenvalue weighted by molar-refractivity contribution is 6.30. The zero-order valence-electron chi connectivity index (χ0n) is 18.0. The van der Waals surface area contributed by atoms with E-state index in [4.69, 9.17) is 21.1 Å². The minimum absolute atomic E-state index is 0.0664. The number of benzene rings is 1. The van der Waals surface area contributed by atoms with Gasteiger partial charge in [0.05, 0.1) is 29.4 Å². The van der Waals surface area contributed by atoms with Gasteiger partial charge in [0.2, 0.25) is 11.9 Å². The van der Waals surface area contributed by atoms with E-state index < -0.39 is 0 Å². The Bertz CT molecular complexity index is 1080. The van der Waals surface area contributed by atoms with E-state index in [-0.39, 0.29) is 11.9 Å². The number of aromatic nitrogens is 3. The minimum atomic E-state index is -0.150. The van der Waals surface area contributed by atoms with Crippen molar-refractivity contribution in [3.63, 3.8) is 0 Å². The third-order valence-corrected chi connectivity index (χ3v) is 5.72. The molecule has 31 heavy (non-hydrogen) atoms. The number of hydrogen-bond donors (Lipinski definition) is 0. The first-order chi connectivity index (χ1) is 14.9. The van der Waals surface area contributed by atoms with E-state index in [0.29, 0.717) is 29.7 Å². The lowest BCUT2D eigenvalue weighted by atomic mass is 9.95. The van der Waals surface area contributed by atoms with Crippen LogP contribution in [0.1, 0.15) is 42.3 Å². The minimum Gasteiger partial charge on any atom is -0.356 e. The number of likely N-dealkylation sites (tertiary alicyclic amines) is 1. The van der Waals surface area contributed by atoms with Crippen LogP contribution in [0.4, 0.5) is 5.95 Å². The SMILES string of the molecule is Cc1cc(-c2cnc(N(C)C)nc2C2CCCCN2C(=O)Cc2cccc(Cl)c2)on1. The number of nitrogens with zero attached hydrogens (tertiary/aromatic N) is 5. The summed E-state index contributed by atoms with van der Waals surface area (Å²) in [7, 11) is 3.81. The summed E-state index contributed by atoms with van der Waals surface area (Å²) < 4.78 is 5.53. The van der Waals surface area contributed by atoms with Gasteiger partial charge in [0.25, 0.3) is 0 Å². The molecule has 1 amide bonds. The predicted octanol–water partition coefficient (Wildman–Crippen LogP) is 4.46.